The Bertz CT molecular complexity index is 417. The fraction of sp³-hybridized carbons (Fsp3) is 0.533. The first-order valence-electron chi connectivity index (χ1n) is 6.73. The van der Waals surface area contributed by atoms with Gasteiger partial charge < -0.3 is 10.0 Å². The minimum absolute atomic E-state index is 0.609. The predicted molar refractivity (Wildman–Crippen MR) is 73.2 cm³/mol. The predicted octanol–water partition coefficient (Wildman–Crippen LogP) is 3.04. The molecule has 0 radical (unpaired) electrons. The highest BCUT2D eigenvalue weighted by molar-refractivity contribution is 5.82. The second-order valence-corrected chi connectivity index (χ2v) is 4.96. The third-order valence-corrected chi connectivity index (χ3v) is 4.16. The van der Waals surface area contributed by atoms with Crippen LogP contribution in [0.3, 0.4) is 0 Å². The molecule has 0 unspecified atom stereocenters. The number of nitrogens with zero attached hydrogens (tertiary/aromatic N) is 1. The van der Waals surface area contributed by atoms with Gasteiger partial charge in [0.05, 0.1) is 5.41 Å². The lowest BCUT2D eigenvalue weighted by atomic mass is 9.64. The van der Waals surface area contributed by atoms with Gasteiger partial charge in [-0.3, -0.25) is 4.79 Å². The zero-order chi connectivity index (χ0) is 13.2. The Morgan fingerprint density at radius 2 is 1.78 bits per heavy atom. The van der Waals surface area contributed by atoms with Crippen LogP contribution < -0.4 is 4.90 Å². The molecule has 1 aromatic rings. The number of hydrogen-bond donors (Lipinski definition) is 1. The Morgan fingerprint density at radius 1 is 1.22 bits per heavy atom. The lowest BCUT2D eigenvalue weighted by molar-refractivity contribution is -0.147. The van der Waals surface area contributed by atoms with Crippen LogP contribution in [0.25, 0.3) is 0 Å². The smallest absolute Gasteiger partial charge is 0.314 e. The maximum atomic E-state index is 11.4. The number of carboxylic acids is 1. The summed E-state index contributed by atoms with van der Waals surface area (Å²) in [6, 6.07) is 8.07. The van der Waals surface area contributed by atoms with Crippen molar-refractivity contribution < 1.29 is 9.90 Å². The fourth-order valence-electron chi connectivity index (χ4n) is 2.74. The highest BCUT2D eigenvalue weighted by atomic mass is 16.4. The molecule has 0 bridgehead atoms. The third-order valence-electron chi connectivity index (χ3n) is 4.16. The quantitative estimate of drug-likeness (QED) is 0.869. The highest BCUT2D eigenvalue weighted by Gasteiger charge is 2.45. The first-order chi connectivity index (χ1) is 8.64. The Balaban J connectivity index is 2.24. The van der Waals surface area contributed by atoms with Crippen molar-refractivity contribution in [3.8, 4) is 0 Å². The van der Waals surface area contributed by atoms with Gasteiger partial charge in [-0.1, -0.05) is 18.6 Å². The average Bonchev–Trinajstić information content (AvgIpc) is 2.30. The Labute approximate surface area is 108 Å². The summed E-state index contributed by atoms with van der Waals surface area (Å²) in [5.74, 6) is -0.677. The van der Waals surface area contributed by atoms with Crippen molar-refractivity contribution in [2.75, 3.05) is 18.0 Å². The van der Waals surface area contributed by atoms with Crippen molar-refractivity contribution in [2.24, 2.45) is 0 Å². The molecule has 1 saturated carbocycles. The molecule has 0 amide bonds. The molecule has 0 heterocycles. The molecule has 0 aliphatic heterocycles. The summed E-state index contributed by atoms with van der Waals surface area (Å²) in [5, 5.41) is 9.40. The lowest BCUT2D eigenvalue weighted by Crippen LogP contribution is -2.42. The molecular formula is C15H21NO2. The van der Waals surface area contributed by atoms with Crippen molar-refractivity contribution in [1.29, 1.82) is 0 Å². The summed E-state index contributed by atoms with van der Waals surface area (Å²) in [4.78, 5) is 13.7. The van der Waals surface area contributed by atoms with Crippen LogP contribution in [0.5, 0.6) is 0 Å². The van der Waals surface area contributed by atoms with Gasteiger partial charge >= 0.3 is 5.97 Å². The van der Waals surface area contributed by atoms with Crippen LogP contribution >= 0.6 is 0 Å². The van der Waals surface area contributed by atoms with E-state index in [1.807, 2.05) is 24.3 Å². The summed E-state index contributed by atoms with van der Waals surface area (Å²) >= 11 is 0. The average molecular weight is 247 g/mol. The Hall–Kier alpha value is -1.51. The highest BCUT2D eigenvalue weighted by Crippen LogP contribution is 2.44. The fourth-order valence-corrected chi connectivity index (χ4v) is 2.74. The van der Waals surface area contributed by atoms with E-state index in [0.29, 0.717) is 0 Å². The van der Waals surface area contributed by atoms with Crippen LogP contribution in [-0.4, -0.2) is 24.2 Å². The topological polar surface area (TPSA) is 40.5 Å². The second kappa shape index (κ2) is 5.01. The summed E-state index contributed by atoms with van der Waals surface area (Å²) in [7, 11) is 0. The minimum atomic E-state index is -0.677. The zero-order valence-electron chi connectivity index (χ0n) is 11.1. The van der Waals surface area contributed by atoms with Crippen LogP contribution in [-0.2, 0) is 10.2 Å². The number of benzene rings is 1. The van der Waals surface area contributed by atoms with E-state index >= 15 is 0 Å². The van der Waals surface area contributed by atoms with Crippen LogP contribution in [0.15, 0.2) is 24.3 Å². The molecule has 0 saturated heterocycles. The number of aliphatic carboxylic acids is 1. The van der Waals surface area contributed by atoms with Gasteiger partial charge in [0.25, 0.3) is 0 Å². The van der Waals surface area contributed by atoms with E-state index in [0.717, 1.165) is 37.9 Å². The van der Waals surface area contributed by atoms with Crippen LogP contribution in [0, 0.1) is 0 Å². The van der Waals surface area contributed by atoms with Crippen molar-refractivity contribution in [2.45, 2.75) is 38.5 Å². The SMILES string of the molecule is CCN(CC)c1ccc(C2(C(=O)O)CCC2)cc1. The molecule has 1 fully saturated rings. The van der Waals surface area contributed by atoms with Gasteiger partial charge in [-0.25, -0.2) is 0 Å². The first kappa shape index (κ1) is 12.9. The molecule has 18 heavy (non-hydrogen) atoms. The maximum Gasteiger partial charge on any atom is 0.314 e. The molecular weight excluding hydrogens is 226 g/mol. The number of anilines is 1. The van der Waals surface area contributed by atoms with E-state index in [9.17, 15) is 9.90 Å². The van der Waals surface area contributed by atoms with Gasteiger partial charge in [-0.15, -0.1) is 0 Å². The maximum absolute atomic E-state index is 11.4. The largest absolute Gasteiger partial charge is 0.481 e. The normalized spacial score (nSPS) is 17.0. The van der Waals surface area contributed by atoms with Crippen molar-refractivity contribution in [1.82, 2.24) is 0 Å². The van der Waals surface area contributed by atoms with E-state index in [2.05, 4.69) is 18.7 Å². The molecule has 3 heteroatoms. The van der Waals surface area contributed by atoms with E-state index < -0.39 is 11.4 Å². The number of hydrogen-bond acceptors (Lipinski definition) is 2. The molecule has 1 aliphatic rings. The first-order valence-corrected chi connectivity index (χ1v) is 6.73. The van der Waals surface area contributed by atoms with Gasteiger partial charge in [-0.05, 0) is 44.4 Å². The molecule has 1 aliphatic carbocycles. The summed E-state index contributed by atoms with van der Waals surface area (Å²) < 4.78 is 0. The van der Waals surface area contributed by atoms with E-state index in [4.69, 9.17) is 0 Å². The van der Waals surface area contributed by atoms with Crippen molar-refractivity contribution in [3.63, 3.8) is 0 Å². The molecule has 0 atom stereocenters. The van der Waals surface area contributed by atoms with Gasteiger partial charge in [0, 0.05) is 18.8 Å². The lowest BCUT2D eigenvalue weighted by Gasteiger charge is -2.38. The Kier molecular flexibility index (Phi) is 3.60. The molecule has 3 nitrogen and oxygen atoms in total. The monoisotopic (exact) mass is 247 g/mol. The molecule has 1 N–H and O–H groups in total. The van der Waals surface area contributed by atoms with Crippen LogP contribution in [0.2, 0.25) is 0 Å². The molecule has 98 valence electrons. The Morgan fingerprint density at radius 3 is 2.11 bits per heavy atom. The summed E-state index contributed by atoms with van der Waals surface area (Å²) in [5.41, 5.74) is 1.52. The number of carbonyl (C=O) groups is 1. The second-order valence-electron chi connectivity index (χ2n) is 4.96. The molecule has 0 aromatic heterocycles. The van der Waals surface area contributed by atoms with Crippen LogP contribution in [0.4, 0.5) is 5.69 Å². The third kappa shape index (κ3) is 1.98. The van der Waals surface area contributed by atoms with Crippen molar-refractivity contribution >= 4 is 11.7 Å². The minimum Gasteiger partial charge on any atom is -0.481 e. The zero-order valence-corrected chi connectivity index (χ0v) is 11.1. The standard InChI is InChI=1S/C15H21NO2/c1-3-16(4-2)13-8-6-12(7-9-13)15(14(17)18)10-5-11-15/h6-9H,3-5,10-11H2,1-2H3,(H,17,18). The number of carboxylic acid groups (broad SMARTS) is 1. The summed E-state index contributed by atoms with van der Waals surface area (Å²) in [6.07, 6.45) is 2.56. The molecule has 2 rings (SSSR count). The van der Waals surface area contributed by atoms with E-state index in [-0.39, 0.29) is 0 Å². The van der Waals surface area contributed by atoms with Gasteiger partial charge in [0.1, 0.15) is 0 Å². The number of rotatable bonds is 5. The molecule has 1 aromatic carbocycles. The van der Waals surface area contributed by atoms with E-state index in [1.165, 1.54) is 5.69 Å². The molecule has 0 spiro atoms. The van der Waals surface area contributed by atoms with Crippen molar-refractivity contribution in [3.05, 3.63) is 29.8 Å². The van der Waals surface area contributed by atoms with Gasteiger partial charge in [-0.2, -0.15) is 0 Å². The van der Waals surface area contributed by atoms with Gasteiger partial charge in [0.2, 0.25) is 0 Å². The van der Waals surface area contributed by atoms with Crippen LogP contribution in [0.1, 0.15) is 38.7 Å². The van der Waals surface area contributed by atoms with Gasteiger partial charge in [0.15, 0.2) is 0 Å². The van der Waals surface area contributed by atoms with E-state index in [1.54, 1.807) is 0 Å². The summed E-state index contributed by atoms with van der Waals surface area (Å²) in [6.45, 7) is 6.20.